The second kappa shape index (κ2) is 6.43. The van der Waals surface area contributed by atoms with Crippen molar-refractivity contribution < 1.29 is 14.6 Å². The van der Waals surface area contributed by atoms with E-state index in [9.17, 15) is 4.79 Å². The molecule has 1 heterocycles. The summed E-state index contributed by atoms with van der Waals surface area (Å²) < 4.78 is 5.62. The van der Waals surface area contributed by atoms with Crippen LogP contribution in [0.25, 0.3) is 0 Å². The number of nitrogens with one attached hydrogen (secondary N) is 1. The van der Waals surface area contributed by atoms with Gasteiger partial charge in [0.2, 0.25) is 0 Å². The fourth-order valence-electron chi connectivity index (χ4n) is 1.91. The van der Waals surface area contributed by atoms with Gasteiger partial charge in [0, 0.05) is 12.6 Å². The fourth-order valence-corrected chi connectivity index (χ4v) is 2.56. The van der Waals surface area contributed by atoms with E-state index in [0.29, 0.717) is 13.2 Å². The van der Waals surface area contributed by atoms with Crippen LogP contribution in [0.2, 0.25) is 0 Å². The number of rotatable bonds is 4. The Hall–Kier alpha value is -0.750. The van der Waals surface area contributed by atoms with E-state index >= 15 is 0 Å². The van der Waals surface area contributed by atoms with Crippen molar-refractivity contribution in [1.82, 2.24) is 5.32 Å². The van der Waals surface area contributed by atoms with Crippen LogP contribution in [0.3, 0.4) is 0 Å². The number of alkyl halides is 1. The Balaban J connectivity index is 1.89. The third-order valence-electron chi connectivity index (χ3n) is 3.00. The standard InChI is InChI=1S/C13H16BrNO3/c14-12-10(7-16)15-6-11(13(12)17)18-8-9-4-2-1-3-5-9/h1-5,10-12,15-16H,6-8H2. The van der Waals surface area contributed by atoms with Crippen molar-refractivity contribution in [2.45, 2.75) is 23.6 Å². The molecule has 0 radical (unpaired) electrons. The van der Waals surface area contributed by atoms with E-state index in [4.69, 9.17) is 9.84 Å². The summed E-state index contributed by atoms with van der Waals surface area (Å²) in [7, 11) is 0. The van der Waals surface area contributed by atoms with E-state index in [1.54, 1.807) is 0 Å². The van der Waals surface area contributed by atoms with Crippen molar-refractivity contribution in [3.8, 4) is 0 Å². The topological polar surface area (TPSA) is 58.6 Å². The van der Waals surface area contributed by atoms with Gasteiger partial charge >= 0.3 is 0 Å². The molecule has 2 N–H and O–H groups in total. The molecule has 1 aliphatic heterocycles. The van der Waals surface area contributed by atoms with Crippen LogP contribution in [0.15, 0.2) is 30.3 Å². The Kier molecular flexibility index (Phi) is 4.88. The zero-order valence-corrected chi connectivity index (χ0v) is 11.5. The predicted octanol–water partition coefficient (Wildman–Crippen LogP) is 0.868. The molecular weight excluding hydrogens is 298 g/mol. The number of hydrogen-bond acceptors (Lipinski definition) is 4. The smallest absolute Gasteiger partial charge is 0.178 e. The van der Waals surface area contributed by atoms with Crippen LogP contribution in [0.5, 0.6) is 0 Å². The van der Waals surface area contributed by atoms with Gasteiger partial charge in [0.05, 0.1) is 18.0 Å². The minimum absolute atomic E-state index is 0.0104. The van der Waals surface area contributed by atoms with Crippen LogP contribution in [0.4, 0.5) is 0 Å². The molecule has 18 heavy (non-hydrogen) atoms. The summed E-state index contributed by atoms with van der Waals surface area (Å²) in [5.74, 6) is -0.0104. The molecule has 5 heteroatoms. The third kappa shape index (κ3) is 3.17. The van der Waals surface area contributed by atoms with Crippen molar-refractivity contribution in [3.63, 3.8) is 0 Å². The number of Topliss-reactive ketones (excluding diaryl/α,β-unsaturated/α-hetero) is 1. The van der Waals surface area contributed by atoms with Gasteiger partial charge in [-0.25, -0.2) is 0 Å². The fraction of sp³-hybridized carbons (Fsp3) is 0.462. The van der Waals surface area contributed by atoms with E-state index in [0.717, 1.165) is 5.56 Å². The lowest BCUT2D eigenvalue weighted by atomic mass is 10.0. The van der Waals surface area contributed by atoms with Crippen molar-refractivity contribution in [2.24, 2.45) is 0 Å². The normalized spacial score (nSPS) is 28.3. The van der Waals surface area contributed by atoms with Gasteiger partial charge in [0.1, 0.15) is 6.10 Å². The molecule has 0 saturated carbocycles. The van der Waals surface area contributed by atoms with Crippen molar-refractivity contribution in [1.29, 1.82) is 0 Å². The number of carbonyl (C=O) groups is 1. The summed E-state index contributed by atoms with van der Waals surface area (Å²) in [6.45, 7) is 0.800. The van der Waals surface area contributed by atoms with Crippen molar-refractivity contribution >= 4 is 21.7 Å². The number of carbonyl (C=O) groups excluding carboxylic acids is 1. The minimum atomic E-state index is -0.461. The molecule has 3 atom stereocenters. The first-order valence-electron chi connectivity index (χ1n) is 5.90. The maximum absolute atomic E-state index is 12.0. The van der Waals surface area contributed by atoms with Gasteiger partial charge in [-0.05, 0) is 5.56 Å². The second-order valence-corrected chi connectivity index (χ2v) is 5.27. The number of aliphatic hydroxyl groups is 1. The van der Waals surface area contributed by atoms with Crippen LogP contribution in [0, 0.1) is 0 Å². The molecule has 0 aliphatic carbocycles. The summed E-state index contributed by atoms with van der Waals surface area (Å²) >= 11 is 3.29. The zero-order chi connectivity index (χ0) is 13.0. The monoisotopic (exact) mass is 313 g/mol. The van der Waals surface area contributed by atoms with E-state index in [1.165, 1.54) is 0 Å². The maximum Gasteiger partial charge on any atom is 0.178 e. The van der Waals surface area contributed by atoms with Crippen LogP contribution >= 0.6 is 15.9 Å². The van der Waals surface area contributed by atoms with E-state index in [1.807, 2.05) is 30.3 Å². The highest BCUT2D eigenvalue weighted by molar-refractivity contribution is 9.10. The second-order valence-electron chi connectivity index (χ2n) is 4.29. The Morgan fingerprint density at radius 2 is 2.11 bits per heavy atom. The number of piperidine rings is 1. The van der Waals surface area contributed by atoms with Crippen LogP contribution < -0.4 is 5.32 Å². The Morgan fingerprint density at radius 1 is 1.39 bits per heavy atom. The van der Waals surface area contributed by atoms with E-state index in [2.05, 4.69) is 21.2 Å². The van der Waals surface area contributed by atoms with Gasteiger partial charge in [-0.15, -0.1) is 0 Å². The molecule has 4 nitrogen and oxygen atoms in total. The molecular formula is C13H16BrNO3. The summed E-state index contributed by atoms with van der Waals surface area (Å²) in [6.07, 6.45) is -0.461. The summed E-state index contributed by atoms with van der Waals surface area (Å²) in [6, 6.07) is 9.51. The molecule has 0 amide bonds. The molecule has 1 aromatic carbocycles. The Bertz CT molecular complexity index is 398. The first-order valence-corrected chi connectivity index (χ1v) is 6.81. The van der Waals surface area contributed by atoms with Gasteiger partial charge in [0.15, 0.2) is 5.78 Å². The molecule has 1 saturated heterocycles. The summed E-state index contributed by atoms with van der Waals surface area (Å²) in [4.78, 5) is 11.6. The highest BCUT2D eigenvalue weighted by atomic mass is 79.9. The molecule has 1 aromatic rings. The lowest BCUT2D eigenvalue weighted by molar-refractivity contribution is -0.133. The van der Waals surface area contributed by atoms with Gasteiger partial charge in [-0.3, -0.25) is 4.79 Å². The maximum atomic E-state index is 12.0. The van der Waals surface area contributed by atoms with Crippen LogP contribution in [0.1, 0.15) is 5.56 Å². The molecule has 1 aliphatic rings. The SMILES string of the molecule is O=C1C(OCc2ccccc2)CNC(CO)C1Br. The highest BCUT2D eigenvalue weighted by Gasteiger charge is 2.36. The average Bonchev–Trinajstić information content (AvgIpc) is 2.42. The molecule has 1 fully saturated rings. The van der Waals surface area contributed by atoms with Gasteiger partial charge < -0.3 is 15.2 Å². The number of ketones is 1. The quantitative estimate of drug-likeness (QED) is 0.810. The molecule has 98 valence electrons. The molecule has 3 unspecified atom stereocenters. The largest absolute Gasteiger partial charge is 0.395 e. The first kappa shape index (κ1) is 13.7. The Morgan fingerprint density at radius 3 is 2.78 bits per heavy atom. The number of aliphatic hydroxyl groups excluding tert-OH is 1. The number of benzene rings is 1. The van der Waals surface area contributed by atoms with Gasteiger partial charge in [-0.1, -0.05) is 46.3 Å². The predicted molar refractivity (Wildman–Crippen MR) is 71.6 cm³/mol. The first-order chi connectivity index (χ1) is 8.72. The molecule has 0 bridgehead atoms. The average molecular weight is 314 g/mol. The van der Waals surface area contributed by atoms with Crippen LogP contribution in [-0.4, -0.2) is 41.0 Å². The van der Waals surface area contributed by atoms with E-state index in [-0.39, 0.29) is 18.4 Å². The number of halogens is 1. The van der Waals surface area contributed by atoms with Crippen molar-refractivity contribution in [3.05, 3.63) is 35.9 Å². The number of ether oxygens (including phenoxy) is 1. The molecule has 0 aromatic heterocycles. The van der Waals surface area contributed by atoms with Crippen LogP contribution in [-0.2, 0) is 16.1 Å². The third-order valence-corrected chi connectivity index (χ3v) is 4.09. The summed E-state index contributed by atoms with van der Waals surface area (Å²) in [5.41, 5.74) is 1.04. The van der Waals surface area contributed by atoms with Crippen molar-refractivity contribution in [2.75, 3.05) is 13.2 Å². The van der Waals surface area contributed by atoms with E-state index < -0.39 is 10.9 Å². The summed E-state index contributed by atoms with van der Waals surface area (Å²) in [5, 5.41) is 12.2. The Labute approximate surface area is 114 Å². The molecule has 0 spiro atoms. The lowest BCUT2D eigenvalue weighted by Gasteiger charge is -2.31. The lowest BCUT2D eigenvalue weighted by Crippen LogP contribution is -2.57. The van der Waals surface area contributed by atoms with Gasteiger partial charge in [-0.2, -0.15) is 0 Å². The zero-order valence-electron chi connectivity index (χ0n) is 9.88. The number of hydrogen-bond donors (Lipinski definition) is 2. The van der Waals surface area contributed by atoms with Gasteiger partial charge in [0.25, 0.3) is 0 Å². The molecule has 2 rings (SSSR count). The minimum Gasteiger partial charge on any atom is -0.395 e. The highest BCUT2D eigenvalue weighted by Crippen LogP contribution is 2.17.